The van der Waals surface area contributed by atoms with Crippen molar-refractivity contribution in [3.05, 3.63) is 23.8 Å². The number of aliphatic hydroxyl groups excluding tert-OH is 1. The predicted molar refractivity (Wildman–Crippen MR) is 56.4 cm³/mol. The number of benzene rings is 1. The van der Waals surface area contributed by atoms with Gasteiger partial charge in [-0.05, 0) is 24.6 Å². The zero-order chi connectivity index (χ0) is 10.1. The molecule has 0 amide bonds. The molecule has 0 radical (unpaired) electrons. The number of fused-ring (bicyclic) bond motifs is 1. The van der Waals surface area contributed by atoms with Crippen LogP contribution in [-0.2, 0) is 0 Å². The van der Waals surface area contributed by atoms with Crippen LogP contribution < -0.4 is 10.5 Å². The molecule has 2 atom stereocenters. The van der Waals surface area contributed by atoms with E-state index in [4.69, 9.17) is 10.5 Å². The van der Waals surface area contributed by atoms with E-state index in [9.17, 15) is 5.11 Å². The summed E-state index contributed by atoms with van der Waals surface area (Å²) in [7, 11) is 0. The lowest BCUT2D eigenvalue weighted by molar-refractivity contribution is 0.153. The van der Waals surface area contributed by atoms with E-state index in [2.05, 4.69) is 0 Å². The Labute approximate surface area is 87.3 Å². The SMILES string of the molecule is CC(N)C(O)c1ccc2c(c1)SCO2. The average molecular weight is 211 g/mol. The summed E-state index contributed by atoms with van der Waals surface area (Å²) in [5.74, 6) is 1.56. The fourth-order valence-corrected chi connectivity index (χ4v) is 2.20. The molecule has 2 unspecified atom stereocenters. The van der Waals surface area contributed by atoms with Crippen LogP contribution in [0.25, 0.3) is 0 Å². The highest BCUT2D eigenvalue weighted by molar-refractivity contribution is 7.99. The monoisotopic (exact) mass is 211 g/mol. The lowest BCUT2D eigenvalue weighted by atomic mass is 10.0. The van der Waals surface area contributed by atoms with Crippen molar-refractivity contribution in [2.75, 3.05) is 5.94 Å². The highest BCUT2D eigenvalue weighted by Crippen LogP contribution is 2.37. The molecule has 0 spiro atoms. The number of nitrogens with two attached hydrogens (primary N) is 1. The molecule has 3 nitrogen and oxygen atoms in total. The average Bonchev–Trinajstić information content (AvgIpc) is 2.62. The van der Waals surface area contributed by atoms with Crippen molar-refractivity contribution in [2.45, 2.75) is 24.0 Å². The van der Waals surface area contributed by atoms with Gasteiger partial charge in [0.05, 0.1) is 11.0 Å². The molecule has 1 aromatic rings. The molecule has 2 rings (SSSR count). The molecule has 0 aromatic heterocycles. The van der Waals surface area contributed by atoms with Crippen LogP contribution in [0.5, 0.6) is 5.75 Å². The Hall–Kier alpha value is -0.710. The van der Waals surface area contributed by atoms with Gasteiger partial charge in [-0.2, -0.15) is 0 Å². The van der Waals surface area contributed by atoms with E-state index in [-0.39, 0.29) is 6.04 Å². The van der Waals surface area contributed by atoms with Crippen molar-refractivity contribution in [1.82, 2.24) is 0 Å². The second-order valence-corrected chi connectivity index (χ2v) is 4.38. The smallest absolute Gasteiger partial charge is 0.138 e. The maximum absolute atomic E-state index is 9.75. The molecule has 0 saturated heterocycles. The second-order valence-electron chi connectivity index (χ2n) is 3.42. The number of ether oxygens (including phenoxy) is 1. The Morgan fingerprint density at radius 3 is 3.07 bits per heavy atom. The van der Waals surface area contributed by atoms with Crippen molar-refractivity contribution in [1.29, 1.82) is 0 Å². The largest absolute Gasteiger partial charge is 0.481 e. The van der Waals surface area contributed by atoms with E-state index in [1.807, 2.05) is 18.2 Å². The van der Waals surface area contributed by atoms with Gasteiger partial charge in [-0.3, -0.25) is 0 Å². The molecule has 4 heteroatoms. The molecule has 3 N–H and O–H groups in total. The van der Waals surface area contributed by atoms with Crippen molar-refractivity contribution < 1.29 is 9.84 Å². The highest BCUT2D eigenvalue weighted by atomic mass is 32.2. The van der Waals surface area contributed by atoms with Crippen LogP contribution in [0.2, 0.25) is 0 Å². The van der Waals surface area contributed by atoms with Gasteiger partial charge in [0, 0.05) is 6.04 Å². The molecular weight excluding hydrogens is 198 g/mol. The van der Waals surface area contributed by atoms with Gasteiger partial charge in [0.1, 0.15) is 11.7 Å². The van der Waals surface area contributed by atoms with Crippen LogP contribution in [0.3, 0.4) is 0 Å². The zero-order valence-electron chi connectivity index (χ0n) is 7.93. The quantitative estimate of drug-likeness (QED) is 0.778. The van der Waals surface area contributed by atoms with E-state index in [0.29, 0.717) is 5.94 Å². The third kappa shape index (κ3) is 1.73. The maximum Gasteiger partial charge on any atom is 0.138 e. The fraction of sp³-hybridized carbons (Fsp3) is 0.400. The summed E-state index contributed by atoms with van der Waals surface area (Å²) < 4.78 is 5.34. The first-order valence-corrected chi connectivity index (χ1v) is 5.50. The predicted octanol–water partition coefficient (Wildman–Crippen LogP) is 1.51. The molecule has 1 aromatic carbocycles. The van der Waals surface area contributed by atoms with Crippen molar-refractivity contribution in [3.8, 4) is 5.75 Å². The summed E-state index contributed by atoms with van der Waals surface area (Å²) in [6.45, 7) is 1.79. The summed E-state index contributed by atoms with van der Waals surface area (Å²) in [6, 6.07) is 5.44. The molecule has 1 aliphatic rings. The van der Waals surface area contributed by atoms with Crippen molar-refractivity contribution in [3.63, 3.8) is 0 Å². The lowest BCUT2D eigenvalue weighted by Crippen LogP contribution is -2.24. The number of hydrogen-bond acceptors (Lipinski definition) is 4. The Balaban J connectivity index is 2.28. The minimum Gasteiger partial charge on any atom is -0.481 e. The molecule has 0 bridgehead atoms. The molecule has 0 aliphatic carbocycles. The molecular formula is C10H13NO2S. The van der Waals surface area contributed by atoms with Crippen LogP contribution in [0, 0.1) is 0 Å². The van der Waals surface area contributed by atoms with Gasteiger partial charge in [-0.25, -0.2) is 0 Å². The summed E-state index contributed by atoms with van der Waals surface area (Å²) in [4.78, 5) is 1.09. The lowest BCUT2D eigenvalue weighted by Gasteiger charge is -2.15. The first-order valence-electron chi connectivity index (χ1n) is 4.51. The molecule has 14 heavy (non-hydrogen) atoms. The van der Waals surface area contributed by atoms with E-state index < -0.39 is 6.10 Å². The highest BCUT2D eigenvalue weighted by Gasteiger charge is 2.17. The number of rotatable bonds is 2. The Bertz CT molecular complexity index is 341. The van der Waals surface area contributed by atoms with Crippen molar-refractivity contribution >= 4 is 11.8 Å². The first kappa shape index (κ1) is 9.83. The minimum absolute atomic E-state index is 0.250. The topological polar surface area (TPSA) is 55.5 Å². The molecule has 76 valence electrons. The number of aliphatic hydroxyl groups is 1. The van der Waals surface area contributed by atoms with Crippen LogP contribution in [-0.4, -0.2) is 17.1 Å². The third-order valence-corrected chi connectivity index (χ3v) is 3.10. The number of thioether (sulfide) groups is 1. The van der Waals surface area contributed by atoms with Gasteiger partial charge < -0.3 is 15.6 Å². The van der Waals surface area contributed by atoms with E-state index in [1.165, 1.54) is 0 Å². The summed E-state index contributed by atoms with van der Waals surface area (Å²) in [5, 5.41) is 9.75. The first-order chi connectivity index (χ1) is 6.68. The summed E-state index contributed by atoms with van der Waals surface area (Å²) >= 11 is 1.64. The van der Waals surface area contributed by atoms with Crippen LogP contribution in [0.1, 0.15) is 18.6 Å². The standard InChI is InChI=1S/C10H13NO2S/c1-6(11)10(12)7-2-3-8-9(4-7)14-5-13-8/h2-4,6,10,12H,5,11H2,1H3. The van der Waals surface area contributed by atoms with Gasteiger partial charge in [-0.15, -0.1) is 0 Å². The summed E-state index contributed by atoms with van der Waals surface area (Å²) in [5.41, 5.74) is 6.48. The van der Waals surface area contributed by atoms with Gasteiger partial charge in [0.2, 0.25) is 0 Å². The van der Waals surface area contributed by atoms with Gasteiger partial charge in [-0.1, -0.05) is 17.8 Å². The van der Waals surface area contributed by atoms with E-state index in [0.717, 1.165) is 16.2 Å². The normalized spacial score (nSPS) is 18.5. The van der Waals surface area contributed by atoms with Crippen molar-refractivity contribution in [2.24, 2.45) is 5.73 Å². The van der Waals surface area contributed by atoms with Crippen LogP contribution in [0.15, 0.2) is 23.1 Å². The number of hydrogen-bond donors (Lipinski definition) is 2. The second kappa shape index (κ2) is 3.81. The summed E-state index contributed by atoms with van der Waals surface area (Å²) in [6.07, 6.45) is -0.596. The molecule has 0 fully saturated rings. The third-order valence-electron chi connectivity index (χ3n) is 2.24. The van der Waals surface area contributed by atoms with E-state index >= 15 is 0 Å². The van der Waals surface area contributed by atoms with Gasteiger partial charge in [0.25, 0.3) is 0 Å². The Kier molecular flexibility index (Phi) is 2.67. The zero-order valence-corrected chi connectivity index (χ0v) is 8.75. The fourth-order valence-electron chi connectivity index (χ4n) is 1.40. The van der Waals surface area contributed by atoms with Crippen LogP contribution >= 0.6 is 11.8 Å². The minimum atomic E-state index is -0.596. The van der Waals surface area contributed by atoms with Crippen LogP contribution in [0.4, 0.5) is 0 Å². The van der Waals surface area contributed by atoms with E-state index in [1.54, 1.807) is 18.7 Å². The maximum atomic E-state index is 9.75. The molecule has 1 heterocycles. The molecule has 0 saturated carbocycles. The Morgan fingerprint density at radius 1 is 1.57 bits per heavy atom. The van der Waals surface area contributed by atoms with Gasteiger partial charge in [0.15, 0.2) is 0 Å². The molecule has 1 aliphatic heterocycles. The Morgan fingerprint density at radius 2 is 2.36 bits per heavy atom. The van der Waals surface area contributed by atoms with Gasteiger partial charge >= 0.3 is 0 Å².